The van der Waals surface area contributed by atoms with Crippen LogP contribution in [0.4, 0.5) is 0 Å². The summed E-state index contributed by atoms with van der Waals surface area (Å²) in [6.45, 7) is 3.10. The first kappa shape index (κ1) is 11.6. The molecule has 0 unspecified atom stereocenters. The lowest BCUT2D eigenvalue weighted by atomic mass is 9.73. The van der Waals surface area contributed by atoms with Gasteiger partial charge in [0.1, 0.15) is 5.75 Å². The first-order valence-corrected chi connectivity index (χ1v) is 5.36. The molecule has 0 aromatic heterocycles. The van der Waals surface area contributed by atoms with Gasteiger partial charge in [-0.3, -0.25) is 14.9 Å². The molecule has 0 saturated heterocycles. The number of para-hydroxylation sites is 1. The van der Waals surface area contributed by atoms with Crippen LogP contribution in [0.15, 0.2) is 24.3 Å². The van der Waals surface area contributed by atoms with Crippen molar-refractivity contribution >= 4 is 5.97 Å². The molecule has 90 valence electrons. The first-order chi connectivity index (χ1) is 7.93. The molecule has 0 radical (unpaired) electrons. The summed E-state index contributed by atoms with van der Waals surface area (Å²) in [4.78, 5) is 22.2. The number of carbonyl (C=O) groups excluding carboxylic acids is 1. The van der Waals surface area contributed by atoms with Gasteiger partial charge in [0.2, 0.25) is 6.54 Å². The average molecular weight is 235 g/mol. The first-order valence-electron chi connectivity index (χ1n) is 5.36. The average Bonchev–Trinajstić information content (AvgIpc) is 2.25. The van der Waals surface area contributed by atoms with Gasteiger partial charge in [-0.1, -0.05) is 18.2 Å². The summed E-state index contributed by atoms with van der Waals surface area (Å²) >= 11 is 0. The topological polar surface area (TPSA) is 69.4 Å². The molecular formula is C12H13NO4. The van der Waals surface area contributed by atoms with Crippen molar-refractivity contribution in [3.05, 3.63) is 39.9 Å². The summed E-state index contributed by atoms with van der Waals surface area (Å²) in [6.07, 6.45) is 0. The molecule has 1 aromatic rings. The quantitative estimate of drug-likeness (QED) is 0.340. The van der Waals surface area contributed by atoms with Gasteiger partial charge < -0.3 is 4.74 Å². The number of esters is 1. The maximum atomic E-state index is 11.8. The van der Waals surface area contributed by atoms with E-state index in [9.17, 15) is 14.9 Å². The molecule has 0 bridgehead atoms. The Bertz CT molecular complexity index is 481. The van der Waals surface area contributed by atoms with Gasteiger partial charge in [-0.25, -0.2) is 0 Å². The number of nitro groups is 1. The predicted octanol–water partition coefficient (Wildman–Crippen LogP) is 1.99. The van der Waals surface area contributed by atoms with Crippen LogP contribution in [0.3, 0.4) is 0 Å². The van der Waals surface area contributed by atoms with Crippen LogP contribution in [0, 0.1) is 15.5 Å². The Morgan fingerprint density at radius 1 is 1.41 bits per heavy atom. The molecule has 17 heavy (non-hydrogen) atoms. The maximum Gasteiger partial charge on any atom is 0.317 e. The van der Waals surface area contributed by atoms with E-state index in [1.807, 2.05) is 0 Å². The van der Waals surface area contributed by atoms with E-state index in [1.54, 1.807) is 38.1 Å². The number of carbonyl (C=O) groups is 1. The van der Waals surface area contributed by atoms with E-state index in [0.717, 1.165) is 5.56 Å². The highest BCUT2D eigenvalue weighted by Gasteiger charge is 2.47. The minimum absolute atomic E-state index is 0.265. The summed E-state index contributed by atoms with van der Waals surface area (Å²) in [7, 11) is 0. The molecular weight excluding hydrogens is 222 g/mol. The molecule has 0 amide bonds. The van der Waals surface area contributed by atoms with Crippen molar-refractivity contribution in [2.75, 3.05) is 6.54 Å². The number of hydrogen-bond donors (Lipinski definition) is 0. The monoisotopic (exact) mass is 235 g/mol. The highest BCUT2D eigenvalue weighted by atomic mass is 16.6. The number of hydrogen-bond acceptors (Lipinski definition) is 4. The molecule has 5 heteroatoms. The van der Waals surface area contributed by atoms with Crippen molar-refractivity contribution in [2.24, 2.45) is 5.41 Å². The number of rotatable bonds is 2. The standard InChI is InChI=1S/C12H13NO4/c1-12(2)9(7-13(15)16)8-5-3-4-6-10(8)17-11(12)14/h3-6,9H,7H2,1-2H3/t9-/m1/s1. The van der Waals surface area contributed by atoms with Crippen LogP contribution in [0.5, 0.6) is 5.75 Å². The van der Waals surface area contributed by atoms with E-state index in [2.05, 4.69) is 0 Å². The molecule has 0 spiro atoms. The molecule has 0 N–H and O–H groups in total. The van der Waals surface area contributed by atoms with Crippen molar-refractivity contribution in [1.29, 1.82) is 0 Å². The Labute approximate surface area is 98.5 Å². The SMILES string of the molecule is CC1(C)C(=O)Oc2ccccc2[C@H]1C[N+](=O)[O-]. The second kappa shape index (κ2) is 3.84. The zero-order valence-corrected chi connectivity index (χ0v) is 9.67. The Morgan fingerprint density at radius 2 is 2.06 bits per heavy atom. The van der Waals surface area contributed by atoms with Crippen LogP contribution < -0.4 is 4.74 Å². The fraction of sp³-hybridized carbons (Fsp3) is 0.417. The lowest BCUT2D eigenvalue weighted by Gasteiger charge is -2.35. The van der Waals surface area contributed by atoms with Crippen LogP contribution >= 0.6 is 0 Å². The smallest absolute Gasteiger partial charge is 0.317 e. The number of ether oxygens (including phenoxy) is 1. The molecule has 0 saturated carbocycles. The fourth-order valence-corrected chi connectivity index (χ4v) is 2.10. The van der Waals surface area contributed by atoms with Crippen molar-refractivity contribution in [2.45, 2.75) is 19.8 Å². The van der Waals surface area contributed by atoms with Gasteiger partial charge >= 0.3 is 5.97 Å². The Kier molecular flexibility index (Phi) is 2.61. The number of fused-ring (bicyclic) bond motifs is 1. The van der Waals surface area contributed by atoms with Crippen LogP contribution in [0.1, 0.15) is 25.3 Å². The highest BCUT2D eigenvalue weighted by molar-refractivity contribution is 5.82. The third kappa shape index (κ3) is 1.88. The van der Waals surface area contributed by atoms with Crippen molar-refractivity contribution < 1.29 is 14.5 Å². The van der Waals surface area contributed by atoms with E-state index in [0.29, 0.717) is 5.75 Å². The summed E-state index contributed by atoms with van der Waals surface area (Å²) < 4.78 is 5.20. The van der Waals surface area contributed by atoms with Crippen molar-refractivity contribution in [3.63, 3.8) is 0 Å². The second-order valence-corrected chi connectivity index (χ2v) is 4.72. The molecule has 2 rings (SSSR count). The van der Waals surface area contributed by atoms with Gasteiger partial charge in [-0.2, -0.15) is 0 Å². The summed E-state index contributed by atoms with van der Waals surface area (Å²) in [5.74, 6) is -0.429. The summed E-state index contributed by atoms with van der Waals surface area (Å²) in [6, 6.07) is 6.97. The predicted molar refractivity (Wildman–Crippen MR) is 60.5 cm³/mol. The maximum absolute atomic E-state index is 11.8. The molecule has 1 aliphatic rings. The molecule has 5 nitrogen and oxygen atoms in total. The number of benzene rings is 1. The van der Waals surface area contributed by atoms with Crippen LogP contribution in [0.2, 0.25) is 0 Å². The van der Waals surface area contributed by atoms with Crippen LogP contribution in [-0.4, -0.2) is 17.4 Å². The largest absolute Gasteiger partial charge is 0.426 e. The highest BCUT2D eigenvalue weighted by Crippen LogP contribution is 2.44. The third-order valence-electron chi connectivity index (χ3n) is 3.23. The Morgan fingerprint density at radius 3 is 2.71 bits per heavy atom. The number of nitrogens with zero attached hydrogens (tertiary/aromatic N) is 1. The van der Waals surface area contributed by atoms with Gasteiger partial charge in [-0.15, -0.1) is 0 Å². The van der Waals surface area contributed by atoms with Crippen molar-refractivity contribution in [3.8, 4) is 5.75 Å². The van der Waals surface area contributed by atoms with E-state index < -0.39 is 17.3 Å². The second-order valence-electron chi connectivity index (χ2n) is 4.72. The molecule has 0 aliphatic carbocycles. The molecule has 0 fully saturated rings. The van der Waals surface area contributed by atoms with Crippen LogP contribution in [-0.2, 0) is 4.79 Å². The Hall–Kier alpha value is -1.91. The summed E-state index contributed by atoms with van der Waals surface area (Å²) in [5, 5.41) is 10.7. The molecule has 1 aliphatic heterocycles. The fourth-order valence-electron chi connectivity index (χ4n) is 2.10. The van der Waals surface area contributed by atoms with Gasteiger partial charge in [0.05, 0.1) is 11.3 Å². The van der Waals surface area contributed by atoms with Gasteiger partial charge in [0, 0.05) is 10.5 Å². The van der Waals surface area contributed by atoms with Crippen molar-refractivity contribution in [1.82, 2.24) is 0 Å². The van der Waals surface area contributed by atoms with Gasteiger partial charge in [0.25, 0.3) is 0 Å². The molecule has 1 aromatic carbocycles. The van der Waals surface area contributed by atoms with Crippen LogP contribution in [0.25, 0.3) is 0 Å². The zero-order valence-electron chi connectivity index (χ0n) is 9.67. The lowest BCUT2D eigenvalue weighted by Crippen LogP contribution is -2.41. The Balaban J connectivity index is 2.51. The van der Waals surface area contributed by atoms with E-state index in [-0.39, 0.29) is 11.5 Å². The summed E-state index contributed by atoms with van der Waals surface area (Å²) in [5.41, 5.74) is -0.143. The van der Waals surface area contributed by atoms with Gasteiger partial charge in [0.15, 0.2) is 0 Å². The van der Waals surface area contributed by atoms with Gasteiger partial charge in [-0.05, 0) is 19.9 Å². The molecule has 1 heterocycles. The molecule has 1 atom stereocenters. The van der Waals surface area contributed by atoms with E-state index >= 15 is 0 Å². The minimum Gasteiger partial charge on any atom is -0.426 e. The normalized spacial score (nSPS) is 21.5. The van der Waals surface area contributed by atoms with E-state index in [4.69, 9.17) is 4.74 Å². The minimum atomic E-state index is -0.874. The van der Waals surface area contributed by atoms with E-state index in [1.165, 1.54) is 0 Å². The zero-order chi connectivity index (χ0) is 12.6. The lowest BCUT2D eigenvalue weighted by molar-refractivity contribution is -0.486. The third-order valence-corrected chi connectivity index (χ3v) is 3.23.